The van der Waals surface area contributed by atoms with Gasteiger partial charge in [0.15, 0.2) is 0 Å². The molecule has 0 saturated carbocycles. The average molecular weight is 270 g/mol. The Bertz CT molecular complexity index is 361. The fourth-order valence-corrected chi connectivity index (χ4v) is 2.57. The van der Waals surface area contributed by atoms with Crippen molar-refractivity contribution in [3.8, 4) is 0 Å². The first-order chi connectivity index (χ1) is 7.18. The van der Waals surface area contributed by atoms with Gasteiger partial charge >= 0.3 is 0 Å². The van der Waals surface area contributed by atoms with Gasteiger partial charge in [0.25, 0.3) is 0 Å². The van der Waals surface area contributed by atoms with Gasteiger partial charge in [-0.05, 0) is 37.2 Å². The van der Waals surface area contributed by atoms with Crippen molar-refractivity contribution in [2.45, 2.75) is 12.3 Å². The van der Waals surface area contributed by atoms with E-state index in [2.05, 4.69) is 46.4 Å². The van der Waals surface area contributed by atoms with E-state index >= 15 is 0 Å². The molecule has 15 heavy (non-hydrogen) atoms. The lowest BCUT2D eigenvalue weighted by Gasteiger charge is -2.42. The van der Waals surface area contributed by atoms with Crippen LogP contribution in [0.1, 0.15) is 11.1 Å². The van der Waals surface area contributed by atoms with E-state index in [1.165, 1.54) is 11.1 Å². The number of hydrogen-bond donors (Lipinski definition) is 1. The second-order valence-corrected chi connectivity index (χ2v) is 5.18. The first-order valence-corrected chi connectivity index (χ1v) is 5.96. The molecular formula is C12H16BrNO. The second kappa shape index (κ2) is 4.24. The molecule has 1 fully saturated rings. The summed E-state index contributed by atoms with van der Waals surface area (Å²) in [6.45, 7) is 4.79. The predicted molar refractivity (Wildman–Crippen MR) is 65.3 cm³/mol. The van der Waals surface area contributed by atoms with Gasteiger partial charge in [0, 0.05) is 11.0 Å². The highest BCUT2D eigenvalue weighted by Gasteiger charge is 2.40. The van der Waals surface area contributed by atoms with Crippen LogP contribution in [0.5, 0.6) is 0 Å². The molecule has 2 nitrogen and oxygen atoms in total. The Hall–Kier alpha value is -0.380. The molecule has 0 unspecified atom stereocenters. The van der Waals surface area contributed by atoms with Crippen LogP contribution >= 0.6 is 15.9 Å². The van der Waals surface area contributed by atoms with Gasteiger partial charge in [-0.3, -0.25) is 0 Å². The lowest BCUT2D eigenvalue weighted by Crippen LogP contribution is -2.53. The Labute approximate surface area is 99.1 Å². The van der Waals surface area contributed by atoms with Gasteiger partial charge in [-0.25, -0.2) is 0 Å². The predicted octanol–water partition coefficient (Wildman–Crippen LogP) is 2.24. The minimum Gasteiger partial charge on any atom is -0.379 e. The van der Waals surface area contributed by atoms with Gasteiger partial charge in [-0.1, -0.05) is 22.0 Å². The molecular weight excluding hydrogens is 254 g/mol. The number of nitrogens with one attached hydrogen (secondary N) is 1. The summed E-state index contributed by atoms with van der Waals surface area (Å²) in [5.74, 6) is 0. The van der Waals surface area contributed by atoms with Crippen molar-refractivity contribution in [3.05, 3.63) is 33.8 Å². The molecule has 0 aromatic heterocycles. The molecule has 1 aliphatic heterocycles. The molecule has 82 valence electrons. The first kappa shape index (κ1) is 11.1. The molecule has 3 heteroatoms. The minimum atomic E-state index is 0.183. The Kier molecular flexibility index (Phi) is 3.14. The molecule has 0 radical (unpaired) electrons. The fraction of sp³-hybridized carbons (Fsp3) is 0.500. The molecule has 1 aliphatic rings. The smallest absolute Gasteiger partial charge is 0.0598 e. The highest BCUT2D eigenvalue weighted by atomic mass is 79.9. The summed E-state index contributed by atoms with van der Waals surface area (Å²) in [5, 5.41) is 3.26. The Morgan fingerprint density at radius 3 is 2.73 bits per heavy atom. The van der Waals surface area contributed by atoms with Crippen LogP contribution in [0.2, 0.25) is 0 Å². The zero-order valence-corrected chi connectivity index (χ0v) is 10.7. The molecule has 2 rings (SSSR count). The van der Waals surface area contributed by atoms with E-state index < -0.39 is 0 Å². The molecule has 0 amide bonds. The molecule has 0 aliphatic carbocycles. The molecule has 0 spiro atoms. The fourth-order valence-electron chi connectivity index (χ4n) is 2.21. The molecule has 0 atom stereocenters. The summed E-state index contributed by atoms with van der Waals surface area (Å²) in [6, 6.07) is 6.47. The van der Waals surface area contributed by atoms with Crippen molar-refractivity contribution in [2.75, 3.05) is 26.8 Å². The third-order valence-electron chi connectivity index (χ3n) is 3.04. The van der Waals surface area contributed by atoms with Gasteiger partial charge in [-0.2, -0.15) is 0 Å². The van der Waals surface area contributed by atoms with Crippen LogP contribution in [0.15, 0.2) is 22.7 Å². The summed E-state index contributed by atoms with van der Waals surface area (Å²) < 4.78 is 6.53. The van der Waals surface area contributed by atoms with E-state index in [0.717, 1.165) is 24.2 Å². The van der Waals surface area contributed by atoms with Crippen LogP contribution in [0.4, 0.5) is 0 Å². The SMILES string of the molecule is CNCC1(c2cc(Br)ccc2C)COC1. The highest BCUT2D eigenvalue weighted by molar-refractivity contribution is 9.10. The lowest BCUT2D eigenvalue weighted by molar-refractivity contribution is -0.0585. The van der Waals surface area contributed by atoms with Gasteiger partial charge in [-0.15, -0.1) is 0 Å². The zero-order valence-electron chi connectivity index (χ0n) is 9.14. The molecule has 0 bridgehead atoms. The summed E-state index contributed by atoms with van der Waals surface area (Å²) in [4.78, 5) is 0. The van der Waals surface area contributed by atoms with Gasteiger partial charge in [0.1, 0.15) is 0 Å². The second-order valence-electron chi connectivity index (χ2n) is 4.26. The summed E-state index contributed by atoms with van der Waals surface area (Å²) in [6.07, 6.45) is 0. The van der Waals surface area contributed by atoms with E-state index in [9.17, 15) is 0 Å². The monoisotopic (exact) mass is 269 g/mol. The van der Waals surface area contributed by atoms with Crippen LogP contribution in [0, 0.1) is 6.92 Å². The summed E-state index contributed by atoms with van der Waals surface area (Å²) >= 11 is 3.53. The number of aryl methyl sites for hydroxylation is 1. The Balaban J connectivity index is 2.37. The Morgan fingerprint density at radius 1 is 1.47 bits per heavy atom. The maximum absolute atomic E-state index is 5.38. The summed E-state index contributed by atoms with van der Waals surface area (Å²) in [5.41, 5.74) is 2.93. The molecule has 1 heterocycles. The van der Waals surface area contributed by atoms with Crippen molar-refractivity contribution in [2.24, 2.45) is 0 Å². The minimum absolute atomic E-state index is 0.183. The largest absolute Gasteiger partial charge is 0.379 e. The van der Waals surface area contributed by atoms with Gasteiger partial charge in [0.2, 0.25) is 0 Å². The number of ether oxygens (including phenoxy) is 1. The van der Waals surface area contributed by atoms with Gasteiger partial charge < -0.3 is 10.1 Å². The van der Waals surface area contributed by atoms with Crippen LogP contribution in [-0.2, 0) is 10.2 Å². The lowest BCUT2D eigenvalue weighted by atomic mass is 9.76. The molecule has 1 saturated heterocycles. The first-order valence-electron chi connectivity index (χ1n) is 5.17. The van der Waals surface area contributed by atoms with E-state index in [1.54, 1.807) is 0 Å². The third-order valence-corrected chi connectivity index (χ3v) is 3.54. The van der Waals surface area contributed by atoms with Crippen LogP contribution in [0.3, 0.4) is 0 Å². The number of rotatable bonds is 3. The molecule has 1 aromatic rings. The quantitative estimate of drug-likeness (QED) is 0.909. The van der Waals surface area contributed by atoms with E-state index in [-0.39, 0.29) is 5.41 Å². The topological polar surface area (TPSA) is 21.3 Å². The average Bonchev–Trinajstić information content (AvgIpc) is 2.16. The van der Waals surface area contributed by atoms with Crippen LogP contribution in [0.25, 0.3) is 0 Å². The zero-order chi connectivity index (χ0) is 10.9. The number of halogens is 1. The van der Waals surface area contributed by atoms with Gasteiger partial charge in [0.05, 0.1) is 18.6 Å². The maximum atomic E-state index is 5.38. The van der Waals surface area contributed by atoms with Crippen molar-refractivity contribution in [1.29, 1.82) is 0 Å². The van der Waals surface area contributed by atoms with Crippen molar-refractivity contribution >= 4 is 15.9 Å². The number of hydrogen-bond acceptors (Lipinski definition) is 2. The maximum Gasteiger partial charge on any atom is 0.0598 e. The number of likely N-dealkylation sites (N-methyl/N-ethyl adjacent to an activating group) is 1. The standard InChI is InChI=1S/C12H16BrNO/c1-9-3-4-10(13)5-11(9)12(6-14-2)7-15-8-12/h3-5,14H,6-8H2,1-2H3. The summed E-state index contributed by atoms with van der Waals surface area (Å²) in [7, 11) is 1.99. The van der Waals surface area contributed by atoms with Crippen molar-refractivity contribution in [1.82, 2.24) is 5.32 Å². The highest BCUT2D eigenvalue weighted by Crippen LogP contribution is 2.35. The van der Waals surface area contributed by atoms with Crippen molar-refractivity contribution in [3.63, 3.8) is 0 Å². The van der Waals surface area contributed by atoms with E-state index in [1.807, 2.05) is 7.05 Å². The van der Waals surface area contributed by atoms with E-state index in [4.69, 9.17) is 4.74 Å². The van der Waals surface area contributed by atoms with Crippen molar-refractivity contribution < 1.29 is 4.74 Å². The van der Waals surface area contributed by atoms with Crippen LogP contribution in [-0.4, -0.2) is 26.8 Å². The van der Waals surface area contributed by atoms with Crippen LogP contribution < -0.4 is 5.32 Å². The normalized spacial score (nSPS) is 18.6. The Morgan fingerprint density at radius 2 is 2.20 bits per heavy atom. The number of benzene rings is 1. The molecule has 1 N–H and O–H groups in total. The third kappa shape index (κ3) is 1.96. The molecule has 1 aromatic carbocycles. The van der Waals surface area contributed by atoms with E-state index in [0.29, 0.717) is 0 Å².